The number of hydrogen-bond donors (Lipinski definition) is 3. The molecule has 1 aliphatic heterocycles. The monoisotopic (exact) mass is 540 g/mol. The quantitative estimate of drug-likeness (QED) is 0.337. The number of carbonyl (C=O) groups excluding carboxylic acids is 1. The van der Waals surface area contributed by atoms with Gasteiger partial charge < -0.3 is 21.1 Å². The number of nitrogens with zero attached hydrogens (tertiary/aromatic N) is 5. The van der Waals surface area contributed by atoms with E-state index in [9.17, 15) is 9.18 Å². The number of amides is 1. The number of allylic oxidation sites excluding steroid dienone is 3. The van der Waals surface area contributed by atoms with E-state index in [-0.39, 0.29) is 12.1 Å². The lowest BCUT2D eigenvalue weighted by atomic mass is 10.1. The molecule has 40 heavy (non-hydrogen) atoms. The second-order valence-corrected chi connectivity index (χ2v) is 9.09. The maximum absolute atomic E-state index is 13.7. The highest BCUT2D eigenvalue weighted by Gasteiger charge is 2.19. The lowest BCUT2D eigenvalue weighted by molar-refractivity contribution is 0.0947. The summed E-state index contributed by atoms with van der Waals surface area (Å²) in [4.78, 5) is 25.9. The van der Waals surface area contributed by atoms with E-state index in [2.05, 4.69) is 25.6 Å². The molecule has 3 heterocycles. The van der Waals surface area contributed by atoms with Crippen LogP contribution < -0.4 is 21.1 Å². The second-order valence-electron chi connectivity index (χ2n) is 9.09. The molecule has 11 heteroatoms. The average Bonchev–Trinajstić information content (AvgIpc) is 3.33. The molecule has 4 aromatic rings. The van der Waals surface area contributed by atoms with E-state index >= 15 is 0 Å². The van der Waals surface area contributed by atoms with Crippen LogP contribution in [0.2, 0.25) is 0 Å². The number of benzene rings is 2. The molecule has 5 rings (SSSR count). The van der Waals surface area contributed by atoms with Crippen molar-refractivity contribution >= 4 is 34.7 Å². The topological polar surface area (TPSA) is 132 Å². The summed E-state index contributed by atoms with van der Waals surface area (Å²) >= 11 is 0. The molecular formula is C29H29FN8O2. The summed E-state index contributed by atoms with van der Waals surface area (Å²) < 4.78 is 20.6. The number of hydrogen-bond acceptors (Lipinski definition) is 8. The number of aliphatic imine (C=N–C) groups is 1. The van der Waals surface area contributed by atoms with E-state index < -0.39 is 11.7 Å². The van der Waals surface area contributed by atoms with Crippen LogP contribution in [0.4, 0.5) is 10.2 Å². The van der Waals surface area contributed by atoms with Gasteiger partial charge in [0.2, 0.25) is 0 Å². The predicted octanol–water partition coefficient (Wildman–Crippen LogP) is 3.96. The number of rotatable bonds is 6. The average molecular weight is 541 g/mol. The van der Waals surface area contributed by atoms with E-state index in [1.165, 1.54) is 25.6 Å². The standard InChI is InChI=1S/C29H29FN8O2/c1-40-24-11-10-21(30)15-23(24)29(39)34-16-19-6-8-20(9-7-19)26-25-27(31)35-18-36-28(25)38(37-26)22-5-4-14-32-12-2-3-13-33-17-22/h4-11,14-15,17-18,32H,2-3,12-13,16H2,1H3,(H,34,39)(H2,31,35,36)/b14-4+,22-5+,33-17?. The maximum Gasteiger partial charge on any atom is 0.255 e. The van der Waals surface area contributed by atoms with E-state index in [0.29, 0.717) is 34.8 Å². The molecule has 1 amide bonds. The first kappa shape index (κ1) is 26.5. The Bertz CT molecular complexity index is 1610. The molecule has 0 radical (unpaired) electrons. The molecule has 2 aromatic heterocycles. The van der Waals surface area contributed by atoms with Crippen LogP contribution in [0.1, 0.15) is 28.8 Å². The maximum atomic E-state index is 13.7. The van der Waals surface area contributed by atoms with E-state index in [1.807, 2.05) is 42.6 Å². The van der Waals surface area contributed by atoms with E-state index in [0.717, 1.165) is 42.3 Å². The smallest absolute Gasteiger partial charge is 0.255 e. The molecule has 4 N–H and O–H groups in total. The van der Waals surface area contributed by atoms with Crippen molar-refractivity contribution in [3.8, 4) is 17.0 Å². The minimum absolute atomic E-state index is 0.131. The number of aromatic nitrogens is 4. The van der Waals surface area contributed by atoms with Gasteiger partial charge in [-0.3, -0.25) is 9.79 Å². The summed E-state index contributed by atoms with van der Waals surface area (Å²) in [6.07, 6.45) is 10.9. The van der Waals surface area contributed by atoms with Crippen LogP contribution >= 0.6 is 0 Å². The SMILES string of the molecule is COc1ccc(F)cc1C(=O)NCc1ccc(-c2nn(/C3=C/C=C/NCCCCN=C3)c3ncnc(N)c23)cc1. The fourth-order valence-corrected chi connectivity index (χ4v) is 4.33. The van der Waals surface area contributed by atoms with Gasteiger partial charge >= 0.3 is 0 Å². The highest BCUT2D eigenvalue weighted by atomic mass is 19.1. The number of nitrogen functional groups attached to an aromatic ring is 1. The van der Waals surface area contributed by atoms with Crippen LogP contribution in [-0.2, 0) is 6.54 Å². The molecule has 0 aliphatic carbocycles. The summed E-state index contributed by atoms with van der Waals surface area (Å²) in [6, 6.07) is 11.4. The van der Waals surface area contributed by atoms with Crippen molar-refractivity contribution in [1.29, 1.82) is 0 Å². The largest absolute Gasteiger partial charge is 0.496 e. The third kappa shape index (κ3) is 5.83. The van der Waals surface area contributed by atoms with Crippen LogP contribution in [0.5, 0.6) is 5.75 Å². The second kappa shape index (κ2) is 12.2. The number of fused-ring (bicyclic) bond motifs is 1. The Balaban J connectivity index is 1.42. The zero-order chi connectivity index (χ0) is 27.9. The van der Waals surface area contributed by atoms with Gasteiger partial charge in [0.05, 0.1) is 23.8 Å². The third-order valence-corrected chi connectivity index (χ3v) is 6.39. The number of nitrogens with two attached hydrogens (primary N) is 1. The zero-order valence-electron chi connectivity index (χ0n) is 22.0. The number of carbonyl (C=O) groups is 1. The van der Waals surface area contributed by atoms with Crippen LogP contribution in [0, 0.1) is 5.82 Å². The molecule has 0 fully saturated rings. The fourth-order valence-electron chi connectivity index (χ4n) is 4.33. The van der Waals surface area contributed by atoms with Crippen molar-refractivity contribution in [3.63, 3.8) is 0 Å². The number of anilines is 1. The van der Waals surface area contributed by atoms with Gasteiger partial charge in [0.15, 0.2) is 5.65 Å². The van der Waals surface area contributed by atoms with Gasteiger partial charge in [-0.2, -0.15) is 5.10 Å². The third-order valence-electron chi connectivity index (χ3n) is 6.39. The van der Waals surface area contributed by atoms with Gasteiger partial charge in [-0.15, -0.1) is 0 Å². The van der Waals surface area contributed by atoms with Crippen molar-refractivity contribution < 1.29 is 13.9 Å². The predicted molar refractivity (Wildman–Crippen MR) is 153 cm³/mol. The first-order valence-corrected chi connectivity index (χ1v) is 12.9. The van der Waals surface area contributed by atoms with Crippen LogP contribution in [-0.4, -0.2) is 52.1 Å². The van der Waals surface area contributed by atoms with Gasteiger partial charge in [-0.25, -0.2) is 19.0 Å². The highest BCUT2D eigenvalue weighted by molar-refractivity contribution is 6.07. The van der Waals surface area contributed by atoms with Gasteiger partial charge in [-0.05, 0) is 55.0 Å². The first-order valence-electron chi connectivity index (χ1n) is 12.9. The zero-order valence-corrected chi connectivity index (χ0v) is 22.0. The van der Waals surface area contributed by atoms with E-state index in [1.54, 1.807) is 10.9 Å². The Morgan fingerprint density at radius 3 is 2.85 bits per heavy atom. The van der Waals surface area contributed by atoms with Crippen LogP contribution in [0.3, 0.4) is 0 Å². The van der Waals surface area contributed by atoms with Crippen LogP contribution in [0.25, 0.3) is 28.0 Å². The van der Waals surface area contributed by atoms with Gasteiger partial charge in [0, 0.05) is 31.4 Å². The minimum atomic E-state index is -0.513. The summed E-state index contributed by atoms with van der Waals surface area (Å²) in [7, 11) is 1.43. The highest BCUT2D eigenvalue weighted by Crippen LogP contribution is 2.31. The van der Waals surface area contributed by atoms with Crippen LogP contribution in [0.15, 0.2) is 72.1 Å². The van der Waals surface area contributed by atoms with Gasteiger partial charge in [0.25, 0.3) is 5.91 Å². The summed E-state index contributed by atoms with van der Waals surface area (Å²) in [6.45, 7) is 1.85. The van der Waals surface area contributed by atoms with Crippen molar-refractivity contribution in [1.82, 2.24) is 30.4 Å². The molecule has 204 valence electrons. The lowest BCUT2D eigenvalue weighted by Crippen LogP contribution is -2.23. The number of methoxy groups -OCH3 is 1. The first-order chi connectivity index (χ1) is 19.5. The lowest BCUT2D eigenvalue weighted by Gasteiger charge is -2.10. The Morgan fingerprint density at radius 1 is 1.18 bits per heavy atom. The fraction of sp³-hybridized carbons (Fsp3) is 0.207. The van der Waals surface area contributed by atoms with Crippen molar-refractivity contribution in [3.05, 3.63) is 84.1 Å². The van der Waals surface area contributed by atoms with Gasteiger partial charge in [0.1, 0.15) is 29.4 Å². The molecular weight excluding hydrogens is 511 g/mol. The Morgan fingerprint density at radius 2 is 2.02 bits per heavy atom. The Hall–Kier alpha value is -5.06. The Labute approximate surface area is 230 Å². The summed E-state index contributed by atoms with van der Waals surface area (Å²) in [5.74, 6) is -0.330. The summed E-state index contributed by atoms with van der Waals surface area (Å²) in [5.41, 5.74) is 10.0. The Kier molecular flexibility index (Phi) is 8.10. The van der Waals surface area contributed by atoms with Gasteiger partial charge in [-0.1, -0.05) is 24.3 Å². The minimum Gasteiger partial charge on any atom is -0.496 e. The molecule has 0 atom stereocenters. The molecule has 1 aliphatic rings. The molecule has 10 nitrogen and oxygen atoms in total. The van der Waals surface area contributed by atoms with Crippen molar-refractivity contribution in [2.75, 3.05) is 25.9 Å². The molecule has 2 aromatic carbocycles. The van der Waals surface area contributed by atoms with Crippen molar-refractivity contribution in [2.24, 2.45) is 4.99 Å². The molecule has 0 unspecified atom stereocenters. The number of nitrogens with one attached hydrogen (secondary N) is 2. The number of halogens is 1. The van der Waals surface area contributed by atoms with Crippen molar-refractivity contribution in [2.45, 2.75) is 19.4 Å². The molecule has 0 saturated carbocycles. The summed E-state index contributed by atoms with van der Waals surface area (Å²) in [5, 5.41) is 11.6. The van der Waals surface area contributed by atoms with E-state index in [4.69, 9.17) is 15.6 Å². The molecule has 0 spiro atoms. The normalized spacial score (nSPS) is 15.9. The molecule has 0 saturated heterocycles. The number of ether oxygens (including phenoxy) is 1. The molecule has 0 bridgehead atoms.